The standard InChI is InChI=1S/C13H16N4O/c1-9(10-5-3-2-4-6-10)8-15-13(18)11-7-12(14)17-16-11/h2-7,9H,8H2,1H3,(H,15,18)(H3,14,16,17). The molecule has 0 spiro atoms. The molecule has 1 aromatic carbocycles. The van der Waals surface area contributed by atoms with Gasteiger partial charge in [-0.2, -0.15) is 5.10 Å². The Bertz CT molecular complexity index is 521. The maximum Gasteiger partial charge on any atom is 0.269 e. The quantitative estimate of drug-likeness (QED) is 0.762. The van der Waals surface area contributed by atoms with E-state index in [0.29, 0.717) is 18.1 Å². The molecule has 5 heteroatoms. The van der Waals surface area contributed by atoms with Crippen LogP contribution in [0.1, 0.15) is 28.9 Å². The molecule has 1 atom stereocenters. The molecule has 2 rings (SSSR count). The predicted molar refractivity (Wildman–Crippen MR) is 70.2 cm³/mol. The Morgan fingerprint density at radius 3 is 2.78 bits per heavy atom. The van der Waals surface area contributed by atoms with Gasteiger partial charge >= 0.3 is 0 Å². The number of rotatable bonds is 4. The maximum absolute atomic E-state index is 11.8. The fourth-order valence-corrected chi connectivity index (χ4v) is 1.69. The third-order valence-corrected chi connectivity index (χ3v) is 2.78. The molecule has 0 saturated carbocycles. The van der Waals surface area contributed by atoms with Crippen molar-refractivity contribution < 1.29 is 4.79 Å². The summed E-state index contributed by atoms with van der Waals surface area (Å²) in [5, 5.41) is 9.14. The highest BCUT2D eigenvalue weighted by atomic mass is 16.1. The van der Waals surface area contributed by atoms with E-state index in [2.05, 4.69) is 22.4 Å². The summed E-state index contributed by atoms with van der Waals surface area (Å²) < 4.78 is 0. The molecule has 0 aliphatic rings. The molecule has 94 valence electrons. The number of aromatic amines is 1. The lowest BCUT2D eigenvalue weighted by atomic mass is 10.0. The van der Waals surface area contributed by atoms with Gasteiger partial charge in [0.2, 0.25) is 0 Å². The number of benzene rings is 1. The molecule has 1 heterocycles. The Kier molecular flexibility index (Phi) is 3.62. The van der Waals surface area contributed by atoms with Gasteiger partial charge in [-0.25, -0.2) is 0 Å². The van der Waals surface area contributed by atoms with Crippen molar-refractivity contribution in [2.24, 2.45) is 0 Å². The van der Waals surface area contributed by atoms with E-state index in [1.165, 1.54) is 11.6 Å². The first-order valence-electron chi connectivity index (χ1n) is 5.81. The van der Waals surface area contributed by atoms with Gasteiger partial charge in [-0.15, -0.1) is 0 Å². The zero-order valence-electron chi connectivity index (χ0n) is 10.2. The summed E-state index contributed by atoms with van der Waals surface area (Å²) in [6, 6.07) is 11.6. The van der Waals surface area contributed by atoms with Crippen LogP contribution in [0.5, 0.6) is 0 Å². The second-order valence-electron chi connectivity index (χ2n) is 4.23. The summed E-state index contributed by atoms with van der Waals surface area (Å²) in [6.07, 6.45) is 0. The Labute approximate surface area is 105 Å². The highest BCUT2D eigenvalue weighted by molar-refractivity contribution is 5.92. The molecule has 0 radical (unpaired) electrons. The van der Waals surface area contributed by atoms with Gasteiger partial charge in [0.25, 0.3) is 5.91 Å². The monoisotopic (exact) mass is 244 g/mol. The molecule has 0 saturated heterocycles. The number of amides is 1. The Morgan fingerprint density at radius 1 is 1.44 bits per heavy atom. The van der Waals surface area contributed by atoms with E-state index in [1.54, 1.807) is 0 Å². The molecule has 0 bridgehead atoms. The van der Waals surface area contributed by atoms with E-state index in [4.69, 9.17) is 5.73 Å². The summed E-state index contributed by atoms with van der Waals surface area (Å²) in [6.45, 7) is 2.64. The molecule has 0 aliphatic heterocycles. The van der Waals surface area contributed by atoms with Crippen molar-refractivity contribution in [3.05, 3.63) is 47.7 Å². The molecule has 18 heavy (non-hydrogen) atoms. The summed E-state index contributed by atoms with van der Waals surface area (Å²) in [5.74, 6) is 0.383. The Hall–Kier alpha value is -2.30. The topological polar surface area (TPSA) is 83.8 Å². The van der Waals surface area contributed by atoms with Crippen LogP contribution in [0.3, 0.4) is 0 Å². The molecule has 5 nitrogen and oxygen atoms in total. The lowest BCUT2D eigenvalue weighted by Crippen LogP contribution is -2.27. The molecule has 1 amide bonds. The van der Waals surface area contributed by atoms with Crippen LogP contribution in [0, 0.1) is 0 Å². The van der Waals surface area contributed by atoms with Gasteiger partial charge in [-0.05, 0) is 11.5 Å². The van der Waals surface area contributed by atoms with Crippen LogP contribution in [0.4, 0.5) is 5.82 Å². The first kappa shape index (κ1) is 12.2. The van der Waals surface area contributed by atoms with E-state index in [-0.39, 0.29) is 11.8 Å². The van der Waals surface area contributed by atoms with Crippen LogP contribution in [0.15, 0.2) is 36.4 Å². The van der Waals surface area contributed by atoms with Crippen LogP contribution in [0.2, 0.25) is 0 Å². The minimum Gasteiger partial charge on any atom is -0.382 e. The Balaban J connectivity index is 1.90. The molecular formula is C13H16N4O. The van der Waals surface area contributed by atoms with Gasteiger partial charge in [-0.1, -0.05) is 37.3 Å². The number of carbonyl (C=O) groups is 1. The number of aromatic nitrogens is 2. The zero-order valence-corrected chi connectivity index (χ0v) is 10.2. The average molecular weight is 244 g/mol. The van der Waals surface area contributed by atoms with Gasteiger partial charge in [0, 0.05) is 12.6 Å². The molecule has 1 aromatic heterocycles. The summed E-state index contributed by atoms with van der Waals surface area (Å²) in [5.41, 5.74) is 7.02. The normalized spacial score (nSPS) is 12.1. The highest BCUT2D eigenvalue weighted by Gasteiger charge is 2.10. The molecule has 4 N–H and O–H groups in total. The number of carbonyl (C=O) groups excluding carboxylic acids is 1. The van der Waals surface area contributed by atoms with Crippen molar-refractivity contribution in [3.63, 3.8) is 0 Å². The van der Waals surface area contributed by atoms with Crippen LogP contribution < -0.4 is 11.1 Å². The lowest BCUT2D eigenvalue weighted by Gasteiger charge is -2.12. The van der Waals surface area contributed by atoms with Crippen molar-refractivity contribution in [3.8, 4) is 0 Å². The number of H-pyrrole nitrogens is 1. The fourth-order valence-electron chi connectivity index (χ4n) is 1.69. The van der Waals surface area contributed by atoms with Gasteiger partial charge in [0.05, 0.1) is 0 Å². The number of nitrogens with two attached hydrogens (primary N) is 1. The van der Waals surface area contributed by atoms with E-state index in [1.807, 2.05) is 30.3 Å². The SMILES string of the molecule is CC(CNC(=O)c1cc(N)n[nH]1)c1ccccc1. The molecule has 1 unspecified atom stereocenters. The average Bonchev–Trinajstić information content (AvgIpc) is 2.83. The number of anilines is 1. The van der Waals surface area contributed by atoms with Gasteiger partial charge < -0.3 is 11.1 Å². The van der Waals surface area contributed by atoms with Crippen LogP contribution in [-0.2, 0) is 0 Å². The number of nitrogens with zero attached hydrogens (tertiary/aromatic N) is 1. The van der Waals surface area contributed by atoms with E-state index >= 15 is 0 Å². The summed E-state index contributed by atoms with van der Waals surface area (Å²) in [4.78, 5) is 11.8. The molecule has 2 aromatic rings. The van der Waals surface area contributed by atoms with E-state index in [9.17, 15) is 4.79 Å². The van der Waals surface area contributed by atoms with Crippen LogP contribution in [0.25, 0.3) is 0 Å². The van der Waals surface area contributed by atoms with Crippen molar-refractivity contribution in [1.82, 2.24) is 15.5 Å². The molecule has 0 fully saturated rings. The largest absolute Gasteiger partial charge is 0.382 e. The zero-order chi connectivity index (χ0) is 13.0. The third kappa shape index (κ3) is 2.88. The van der Waals surface area contributed by atoms with Crippen molar-refractivity contribution in [2.75, 3.05) is 12.3 Å². The van der Waals surface area contributed by atoms with Crippen molar-refractivity contribution >= 4 is 11.7 Å². The van der Waals surface area contributed by atoms with E-state index < -0.39 is 0 Å². The fraction of sp³-hybridized carbons (Fsp3) is 0.231. The predicted octanol–water partition coefficient (Wildman–Crippen LogP) is 1.53. The highest BCUT2D eigenvalue weighted by Crippen LogP contribution is 2.13. The number of nitrogen functional groups attached to an aromatic ring is 1. The minimum absolute atomic E-state index is 0.193. The molecular weight excluding hydrogens is 228 g/mol. The van der Waals surface area contributed by atoms with E-state index in [0.717, 1.165) is 0 Å². The second-order valence-corrected chi connectivity index (χ2v) is 4.23. The third-order valence-electron chi connectivity index (χ3n) is 2.78. The molecule has 0 aliphatic carbocycles. The second kappa shape index (κ2) is 5.35. The number of hydrogen-bond donors (Lipinski definition) is 3. The summed E-state index contributed by atoms with van der Waals surface area (Å²) in [7, 11) is 0. The summed E-state index contributed by atoms with van der Waals surface area (Å²) >= 11 is 0. The van der Waals surface area contributed by atoms with Gasteiger partial charge in [0.15, 0.2) is 0 Å². The first-order chi connectivity index (χ1) is 8.66. The van der Waals surface area contributed by atoms with Crippen molar-refractivity contribution in [2.45, 2.75) is 12.8 Å². The van der Waals surface area contributed by atoms with Crippen LogP contribution >= 0.6 is 0 Å². The lowest BCUT2D eigenvalue weighted by molar-refractivity contribution is 0.0946. The minimum atomic E-state index is -0.193. The Morgan fingerprint density at radius 2 is 2.17 bits per heavy atom. The smallest absolute Gasteiger partial charge is 0.269 e. The number of hydrogen-bond acceptors (Lipinski definition) is 3. The first-order valence-corrected chi connectivity index (χ1v) is 5.81. The van der Waals surface area contributed by atoms with Gasteiger partial charge in [-0.3, -0.25) is 9.89 Å². The van der Waals surface area contributed by atoms with Crippen LogP contribution in [-0.4, -0.2) is 22.6 Å². The number of nitrogens with one attached hydrogen (secondary N) is 2. The maximum atomic E-state index is 11.8. The van der Waals surface area contributed by atoms with Crippen molar-refractivity contribution in [1.29, 1.82) is 0 Å². The van der Waals surface area contributed by atoms with Gasteiger partial charge in [0.1, 0.15) is 11.5 Å².